The third-order valence-electron chi connectivity index (χ3n) is 3.88. The normalized spacial score (nSPS) is 17.0. The molecule has 7 heteroatoms. The van der Waals surface area contributed by atoms with E-state index in [2.05, 4.69) is 21.2 Å². The number of rotatable bonds is 5. The lowest BCUT2D eigenvalue weighted by atomic mass is 9.80. The Morgan fingerprint density at radius 3 is 2.64 bits per heavy atom. The molecule has 1 fully saturated rings. The topological polar surface area (TPSA) is 75.6 Å². The minimum atomic E-state index is -0.973. The minimum absolute atomic E-state index is 0.0103. The Labute approximate surface area is 136 Å². The van der Waals surface area contributed by atoms with Gasteiger partial charge >= 0.3 is 5.97 Å². The molecule has 1 aromatic rings. The molecule has 2 rings (SSSR count). The van der Waals surface area contributed by atoms with Gasteiger partial charge in [-0.2, -0.15) is 0 Å². The van der Waals surface area contributed by atoms with Crippen LogP contribution in [0.25, 0.3) is 0 Å². The Morgan fingerprint density at radius 2 is 2.05 bits per heavy atom. The quantitative estimate of drug-likeness (QED) is 0.828. The summed E-state index contributed by atoms with van der Waals surface area (Å²) in [6.45, 7) is 0.809. The van der Waals surface area contributed by atoms with E-state index < -0.39 is 17.2 Å². The average molecular weight is 374 g/mol. The lowest BCUT2D eigenvalue weighted by Crippen LogP contribution is -2.46. The second-order valence-electron chi connectivity index (χ2n) is 5.40. The fourth-order valence-electron chi connectivity index (χ4n) is 2.39. The van der Waals surface area contributed by atoms with Crippen molar-refractivity contribution < 1.29 is 23.8 Å². The van der Waals surface area contributed by atoms with Crippen LogP contribution in [0.5, 0.6) is 0 Å². The van der Waals surface area contributed by atoms with Gasteiger partial charge in [-0.1, -0.05) is 6.07 Å². The highest BCUT2D eigenvalue weighted by Crippen LogP contribution is 2.30. The number of nitrogens with one attached hydrogen (secondary N) is 1. The highest BCUT2D eigenvalue weighted by atomic mass is 79.9. The Morgan fingerprint density at radius 1 is 1.36 bits per heavy atom. The van der Waals surface area contributed by atoms with Crippen LogP contribution in [-0.4, -0.2) is 36.7 Å². The number of halogens is 2. The van der Waals surface area contributed by atoms with Gasteiger partial charge < -0.3 is 15.2 Å². The van der Waals surface area contributed by atoms with Crippen LogP contribution < -0.4 is 5.32 Å². The van der Waals surface area contributed by atoms with Crippen LogP contribution in [0.4, 0.5) is 4.39 Å². The monoisotopic (exact) mass is 373 g/mol. The molecule has 0 aliphatic carbocycles. The van der Waals surface area contributed by atoms with Crippen molar-refractivity contribution in [3.05, 3.63) is 34.1 Å². The van der Waals surface area contributed by atoms with Crippen LogP contribution in [-0.2, 0) is 20.7 Å². The molecule has 1 amide bonds. The van der Waals surface area contributed by atoms with Crippen molar-refractivity contribution >= 4 is 27.8 Å². The molecule has 0 radical (unpaired) electrons. The molecule has 0 atom stereocenters. The van der Waals surface area contributed by atoms with Gasteiger partial charge in [0.15, 0.2) is 0 Å². The number of ether oxygens (including phenoxy) is 1. The number of hydrogen-bond acceptors (Lipinski definition) is 3. The summed E-state index contributed by atoms with van der Waals surface area (Å²) in [6, 6.07) is 4.47. The van der Waals surface area contributed by atoms with Crippen LogP contribution in [0, 0.1) is 11.2 Å². The molecule has 1 aromatic carbocycles. The summed E-state index contributed by atoms with van der Waals surface area (Å²) in [5.41, 5.74) is -0.437. The van der Waals surface area contributed by atoms with Crippen LogP contribution in [0.2, 0.25) is 0 Å². The summed E-state index contributed by atoms with van der Waals surface area (Å²) in [6.07, 6.45) is 0.751. The molecule has 120 valence electrons. The summed E-state index contributed by atoms with van der Waals surface area (Å²) in [7, 11) is 0. The molecule has 1 heterocycles. The number of benzene rings is 1. The highest BCUT2D eigenvalue weighted by Gasteiger charge is 2.40. The van der Waals surface area contributed by atoms with E-state index in [0.29, 0.717) is 36.1 Å². The van der Waals surface area contributed by atoms with Gasteiger partial charge in [-0.3, -0.25) is 9.59 Å². The third kappa shape index (κ3) is 4.04. The Bertz CT molecular complexity index is 573. The van der Waals surface area contributed by atoms with Crippen LogP contribution in [0.15, 0.2) is 22.7 Å². The Kier molecular flexibility index (Phi) is 5.52. The predicted molar refractivity (Wildman–Crippen MR) is 80.9 cm³/mol. The summed E-state index contributed by atoms with van der Waals surface area (Å²) >= 11 is 3.05. The summed E-state index contributed by atoms with van der Waals surface area (Å²) in [5, 5.41) is 12.0. The first-order valence-electron chi connectivity index (χ1n) is 6.95. The molecule has 0 saturated carbocycles. The van der Waals surface area contributed by atoms with Crippen molar-refractivity contribution in [1.82, 2.24) is 5.32 Å². The third-order valence-corrected chi connectivity index (χ3v) is 4.52. The smallest absolute Gasteiger partial charge is 0.311 e. The van der Waals surface area contributed by atoms with E-state index in [0.717, 1.165) is 0 Å². The fourth-order valence-corrected chi connectivity index (χ4v) is 2.64. The number of carboxylic acids is 1. The van der Waals surface area contributed by atoms with Gasteiger partial charge in [-0.25, -0.2) is 4.39 Å². The van der Waals surface area contributed by atoms with Gasteiger partial charge in [-0.05, 0) is 46.5 Å². The van der Waals surface area contributed by atoms with E-state index in [1.54, 1.807) is 6.07 Å². The van der Waals surface area contributed by atoms with Gasteiger partial charge in [0.25, 0.3) is 0 Å². The zero-order valence-electron chi connectivity index (χ0n) is 11.9. The zero-order valence-corrected chi connectivity index (χ0v) is 13.5. The molecule has 0 spiro atoms. The lowest BCUT2D eigenvalue weighted by molar-refractivity contribution is -0.154. The maximum atomic E-state index is 13.4. The number of aliphatic carboxylic acids is 1. The number of carbonyl (C=O) groups excluding carboxylic acids is 1. The van der Waals surface area contributed by atoms with Crippen molar-refractivity contribution in [3.8, 4) is 0 Å². The average Bonchev–Trinajstić information content (AvgIpc) is 2.50. The predicted octanol–water partition coefficient (Wildman–Crippen LogP) is 2.13. The Balaban J connectivity index is 1.93. The van der Waals surface area contributed by atoms with Gasteiger partial charge in [0.1, 0.15) is 5.82 Å². The van der Waals surface area contributed by atoms with E-state index in [-0.39, 0.29) is 18.9 Å². The maximum Gasteiger partial charge on any atom is 0.311 e. The van der Waals surface area contributed by atoms with Crippen molar-refractivity contribution in [2.24, 2.45) is 5.41 Å². The van der Waals surface area contributed by atoms with Crippen molar-refractivity contribution in [3.63, 3.8) is 0 Å². The van der Waals surface area contributed by atoms with Gasteiger partial charge in [0, 0.05) is 19.8 Å². The molecular formula is C15H17BrFNO4. The van der Waals surface area contributed by atoms with Crippen LogP contribution in [0.3, 0.4) is 0 Å². The molecule has 1 saturated heterocycles. The lowest BCUT2D eigenvalue weighted by Gasteiger charge is -2.33. The van der Waals surface area contributed by atoms with E-state index in [4.69, 9.17) is 4.74 Å². The molecular weight excluding hydrogens is 357 g/mol. The molecule has 0 bridgehead atoms. The standard InChI is InChI=1S/C15H17BrFNO4/c16-11-2-1-10(7-12(11)17)8-13(19)18-9-15(14(20)21)3-5-22-6-4-15/h1-2,7H,3-6,8-9H2,(H,18,19)(H,20,21). The van der Waals surface area contributed by atoms with Gasteiger partial charge in [-0.15, -0.1) is 0 Å². The summed E-state index contributed by atoms with van der Waals surface area (Å²) < 4.78 is 18.9. The second-order valence-corrected chi connectivity index (χ2v) is 6.25. The number of amides is 1. The van der Waals surface area contributed by atoms with Crippen molar-refractivity contribution in [1.29, 1.82) is 0 Å². The highest BCUT2D eigenvalue weighted by molar-refractivity contribution is 9.10. The summed E-state index contributed by atoms with van der Waals surface area (Å²) in [5.74, 6) is -1.68. The zero-order chi connectivity index (χ0) is 16.2. The SMILES string of the molecule is O=C(Cc1ccc(Br)c(F)c1)NCC1(C(=O)O)CCOCC1. The Hall–Kier alpha value is -1.47. The van der Waals surface area contributed by atoms with Crippen molar-refractivity contribution in [2.45, 2.75) is 19.3 Å². The largest absolute Gasteiger partial charge is 0.481 e. The van der Waals surface area contributed by atoms with E-state index in [9.17, 15) is 19.1 Å². The van der Waals surface area contributed by atoms with Gasteiger partial charge in [0.05, 0.1) is 16.3 Å². The summed E-state index contributed by atoms with van der Waals surface area (Å²) in [4.78, 5) is 23.4. The molecule has 5 nitrogen and oxygen atoms in total. The molecule has 1 aliphatic heterocycles. The molecule has 22 heavy (non-hydrogen) atoms. The fraction of sp³-hybridized carbons (Fsp3) is 0.467. The van der Waals surface area contributed by atoms with E-state index >= 15 is 0 Å². The first-order chi connectivity index (χ1) is 10.4. The minimum Gasteiger partial charge on any atom is -0.481 e. The van der Waals surface area contributed by atoms with Crippen molar-refractivity contribution in [2.75, 3.05) is 19.8 Å². The molecule has 0 aromatic heterocycles. The number of carbonyl (C=O) groups is 2. The van der Waals surface area contributed by atoms with Crippen LogP contribution in [0.1, 0.15) is 18.4 Å². The van der Waals surface area contributed by atoms with Gasteiger partial charge in [0.2, 0.25) is 5.91 Å². The molecule has 1 aliphatic rings. The number of carboxylic acid groups (broad SMARTS) is 1. The van der Waals surface area contributed by atoms with E-state index in [1.165, 1.54) is 12.1 Å². The van der Waals surface area contributed by atoms with Crippen LogP contribution >= 0.6 is 15.9 Å². The van der Waals surface area contributed by atoms with E-state index in [1.807, 2.05) is 0 Å². The second kappa shape index (κ2) is 7.19. The molecule has 2 N–H and O–H groups in total. The first-order valence-corrected chi connectivity index (χ1v) is 7.74. The number of hydrogen-bond donors (Lipinski definition) is 2. The maximum absolute atomic E-state index is 13.4. The first kappa shape index (κ1) is 16.9. The molecule has 0 unspecified atom stereocenters.